The van der Waals surface area contributed by atoms with Gasteiger partial charge in [0, 0.05) is 31.0 Å². The van der Waals surface area contributed by atoms with Gasteiger partial charge in [0.15, 0.2) is 0 Å². The third-order valence-corrected chi connectivity index (χ3v) is 10.1. The average Bonchev–Trinajstić information content (AvgIpc) is 3.44. The summed E-state index contributed by atoms with van der Waals surface area (Å²) in [5, 5.41) is 12.2. The Bertz CT molecular complexity index is 1360. The largest absolute Gasteiger partial charge is 0.480 e. The molecule has 8 nitrogen and oxygen atoms in total. The number of benzene rings is 2. The Labute approximate surface area is 270 Å². The summed E-state index contributed by atoms with van der Waals surface area (Å²) in [7, 11) is -3.37. The van der Waals surface area contributed by atoms with E-state index in [1.807, 2.05) is 57.2 Å². The highest BCUT2D eigenvalue weighted by molar-refractivity contribution is 7.90. The van der Waals surface area contributed by atoms with Gasteiger partial charge in [-0.05, 0) is 73.3 Å². The van der Waals surface area contributed by atoms with Crippen LogP contribution in [-0.4, -0.2) is 80.2 Å². The van der Waals surface area contributed by atoms with E-state index >= 15 is 0 Å². The molecule has 2 aromatic carbocycles. The number of carbonyl (C=O) groups is 2. The summed E-state index contributed by atoms with van der Waals surface area (Å²) in [4.78, 5) is 27.9. The molecule has 1 aliphatic carbocycles. The number of nitrogens with zero attached hydrogens (tertiary/aromatic N) is 1. The molecule has 9 heteroatoms. The number of sulfone groups is 1. The smallest absolute Gasteiger partial charge is 0.326 e. The zero-order valence-electron chi connectivity index (χ0n) is 27.9. The van der Waals surface area contributed by atoms with Gasteiger partial charge in [-0.25, -0.2) is 13.2 Å². The topological polar surface area (TPSA) is 113 Å². The Morgan fingerprint density at radius 3 is 2.42 bits per heavy atom. The minimum Gasteiger partial charge on any atom is -0.480 e. The molecule has 1 saturated heterocycles. The van der Waals surface area contributed by atoms with Crippen molar-refractivity contribution in [2.75, 3.05) is 31.7 Å². The molecule has 2 aliphatic rings. The van der Waals surface area contributed by atoms with Crippen LogP contribution in [0.25, 0.3) is 11.1 Å². The molecule has 4 rings (SSSR count). The number of hydrogen-bond donors (Lipinski definition) is 2. The van der Waals surface area contributed by atoms with E-state index in [-0.39, 0.29) is 12.2 Å². The van der Waals surface area contributed by atoms with E-state index in [9.17, 15) is 23.1 Å². The minimum absolute atomic E-state index is 0.197. The minimum atomic E-state index is -3.37. The van der Waals surface area contributed by atoms with E-state index in [4.69, 9.17) is 4.74 Å². The fraction of sp³-hybridized carbons (Fsp3) is 0.611. The lowest BCUT2D eigenvalue weighted by molar-refractivity contribution is -0.139. The van der Waals surface area contributed by atoms with Crippen molar-refractivity contribution in [3.05, 3.63) is 59.2 Å². The molecule has 250 valence electrons. The Balaban J connectivity index is 0.00000271. The number of carbonyl (C=O) groups excluding carboxylic acids is 1. The standard InChI is InChI=1S/C34H48N2O6S.C2H6/c1-4-25-20-27(23-42-28-11-6-5-7-12-28)36(22-25)18-16-26-14-15-30(31(21-26)29-13-9-8-10-24(29)2)33(37)35-32(34(38)39)17-19-43(3,40)41;1-2/h8-10,13-15,21,25,27-28,32H,4-7,11-12,16-20,22-23H2,1-3H3,(H,35,37)(H,38,39);1-2H3. The third-order valence-electron chi connectivity index (χ3n) is 9.10. The van der Waals surface area contributed by atoms with E-state index in [0.717, 1.165) is 54.6 Å². The Hall–Kier alpha value is -2.75. The summed E-state index contributed by atoms with van der Waals surface area (Å²) in [6.45, 7) is 11.0. The van der Waals surface area contributed by atoms with Crippen molar-refractivity contribution in [3.8, 4) is 11.1 Å². The molecule has 1 saturated carbocycles. The SMILES string of the molecule is CC.CCC1CC(COC2CCCCC2)N(CCc2ccc(C(=O)NC(CCS(C)(=O)=O)C(=O)O)c(-c3ccccc3C)c2)C1. The molecule has 1 aliphatic heterocycles. The number of hydrogen-bond acceptors (Lipinski definition) is 6. The first kappa shape index (κ1) is 36.7. The summed E-state index contributed by atoms with van der Waals surface area (Å²) < 4.78 is 29.7. The monoisotopic (exact) mass is 642 g/mol. The zero-order chi connectivity index (χ0) is 33.0. The first-order valence-corrected chi connectivity index (χ1v) is 18.9. The number of carboxylic acid groups (broad SMARTS) is 1. The van der Waals surface area contributed by atoms with Crippen LogP contribution in [0.5, 0.6) is 0 Å². The number of amides is 1. The van der Waals surface area contributed by atoms with E-state index < -0.39 is 27.8 Å². The number of rotatable bonds is 14. The second-order valence-electron chi connectivity index (χ2n) is 12.5. The van der Waals surface area contributed by atoms with Crippen molar-refractivity contribution in [2.45, 2.75) is 104 Å². The molecule has 2 fully saturated rings. The molecule has 3 atom stereocenters. The molecular formula is C36H54N2O6S. The van der Waals surface area contributed by atoms with E-state index in [2.05, 4.69) is 17.1 Å². The molecule has 1 amide bonds. The summed E-state index contributed by atoms with van der Waals surface area (Å²) >= 11 is 0. The Morgan fingerprint density at radius 1 is 1.07 bits per heavy atom. The first-order valence-electron chi connectivity index (χ1n) is 16.8. The van der Waals surface area contributed by atoms with E-state index in [1.165, 1.54) is 44.9 Å². The summed E-state index contributed by atoms with van der Waals surface area (Å²) in [6, 6.07) is 12.7. The number of nitrogens with one attached hydrogen (secondary N) is 1. The van der Waals surface area contributed by atoms with Crippen LogP contribution in [0.4, 0.5) is 0 Å². The normalized spacial score (nSPS) is 19.8. The molecule has 0 bridgehead atoms. The second kappa shape index (κ2) is 17.8. The summed E-state index contributed by atoms with van der Waals surface area (Å²) in [5.41, 5.74) is 4.13. The van der Waals surface area contributed by atoms with Crippen molar-refractivity contribution in [1.82, 2.24) is 10.2 Å². The van der Waals surface area contributed by atoms with Crippen LogP contribution in [-0.2, 0) is 25.8 Å². The average molecular weight is 643 g/mol. The zero-order valence-corrected chi connectivity index (χ0v) is 28.7. The predicted molar refractivity (Wildman–Crippen MR) is 181 cm³/mol. The molecule has 45 heavy (non-hydrogen) atoms. The second-order valence-corrected chi connectivity index (χ2v) is 14.7. The van der Waals surface area contributed by atoms with Crippen LogP contribution < -0.4 is 5.32 Å². The Kier molecular flexibility index (Phi) is 14.5. The lowest BCUT2D eigenvalue weighted by Crippen LogP contribution is -2.42. The molecule has 2 N–H and O–H groups in total. The van der Waals surface area contributed by atoms with Gasteiger partial charge in [-0.15, -0.1) is 0 Å². The Morgan fingerprint density at radius 2 is 1.78 bits per heavy atom. The van der Waals surface area contributed by atoms with Gasteiger partial charge in [-0.1, -0.05) is 82.9 Å². The first-order chi connectivity index (χ1) is 21.5. The number of ether oxygens (including phenoxy) is 1. The quantitative estimate of drug-likeness (QED) is 0.249. The van der Waals surface area contributed by atoms with Gasteiger partial charge in [-0.2, -0.15) is 0 Å². The van der Waals surface area contributed by atoms with Crippen LogP contribution in [0.1, 0.15) is 93.6 Å². The molecular weight excluding hydrogens is 588 g/mol. The van der Waals surface area contributed by atoms with E-state index in [1.54, 1.807) is 6.07 Å². The fourth-order valence-electron chi connectivity index (χ4n) is 6.45. The number of carboxylic acids is 1. The summed E-state index contributed by atoms with van der Waals surface area (Å²) in [5.74, 6) is -1.44. The number of likely N-dealkylation sites (tertiary alicyclic amines) is 1. The van der Waals surface area contributed by atoms with Gasteiger partial charge >= 0.3 is 5.97 Å². The molecule has 0 radical (unpaired) electrons. The van der Waals surface area contributed by atoms with Gasteiger partial charge in [0.05, 0.1) is 18.5 Å². The fourth-order valence-corrected chi connectivity index (χ4v) is 7.12. The molecule has 0 spiro atoms. The van der Waals surface area contributed by atoms with Crippen molar-refractivity contribution in [3.63, 3.8) is 0 Å². The number of aliphatic carboxylic acids is 1. The molecule has 1 heterocycles. The van der Waals surface area contributed by atoms with Gasteiger partial charge in [0.25, 0.3) is 5.91 Å². The van der Waals surface area contributed by atoms with Crippen molar-refractivity contribution in [2.24, 2.45) is 5.92 Å². The third kappa shape index (κ3) is 11.2. The molecule has 3 unspecified atom stereocenters. The highest BCUT2D eigenvalue weighted by Crippen LogP contribution is 2.31. The van der Waals surface area contributed by atoms with Crippen molar-refractivity contribution in [1.29, 1.82) is 0 Å². The maximum absolute atomic E-state index is 13.4. The highest BCUT2D eigenvalue weighted by atomic mass is 32.2. The maximum atomic E-state index is 13.4. The van der Waals surface area contributed by atoms with Gasteiger partial charge < -0.3 is 15.2 Å². The lowest BCUT2D eigenvalue weighted by atomic mass is 9.93. The van der Waals surface area contributed by atoms with Crippen LogP contribution in [0.2, 0.25) is 0 Å². The molecule has 0 aromatic heterocycles. The van der Waals surface area contributed by atoms with Gasteiger partial charge in [-0.3, -0.25) is 9.69 Å². The maximum Gasteiger partial charge on any atom is 0.326 e. The van der Waals surface area contributed by atoms with Crippen LogP contribution in [0, 0.1) is 12.8 Å². The van der Waals surface area contributed by atoms with Gasteiger partial charge in [0.2, 0.25) is 0 Å². The van der Waals surface area contributed by atoms with Crippen LogP contribution in [0.15, 0.2) is 42.5 Å². The molecule has 2 aromatic rings. The van der Waals surface area contributed by atoms with Gasteiger partial charge in [0.1, 0.15) is 15.9 Å². The van der Waals surface area contributed by atoms with Crippen molar-refractivity contribution < 1.29 is 27.9 Å². The lowest BCUT2D eigenvalue weighted by Gasteiger charge is -2.28. The predicted octanol–water partition coefficient (Wildman–Crippen LogP) is 6.30. The van der Waals surface area contributed by atoms with E-state index in [0.29, 0.717) is 23.6 Å². The van der Waals surface area contributed by atoms with Crippen LogP contribution >= 0.6 is 0 Å². The highest BCUT2D eigenvalue weighted by Gasteiger charge is 2.32. The van der Waals surface area contributed by atoms with Crippen molar-refractivity contribution >= 4 is 21.7 Å². The summed E-state index contributed by atoms with van der Waals surface area (Å²) in [6.07, 6.45) is 10.6. The van der Waals surface area contributed by atoms with Crippen LogP contribution in [0.3, 0.4) is 0 Å². The number of aryl methyl sites for hydroxylation is 1.